The molecule has 0 spiro atoms. The van der Waals surface area contributed by atoms with Gasteiger partial charge in [-0.1, -0.05) is 29.3 Å². The van der Waals surface area contributed by atoms with Crippen LogP contribution in [-0.4, -0.2) is 32.6 Å². The van der Waals surface area contributed by atoms with Gasteiger partial charge in [-0.15, -0.1) is 0 Å². The zero-order valence-corrected chi connectivity index (χ0v) is 19.7. The number of rotatable bonds is 6. The van der Waals surface area contributed by atoms with E-state index in [0.29, 0.717) is 46.0 Å². The van der Waals surface area contributed by atoms with Crippen molar-refractivity contribution in [3.05, 3.63) is 69.8 Å². The van der Waals surface area contributed by atoms with Gasteiger partial charge in [0.15, 0.2) is 5.65 Å². The lowest BCUT2D eigenvalue weighted by atomic mass is 9.99. The van der Waals surface area contributed by atoms with Crippen LogP contribution < -0.4 is 10.6 Å². The van der Waals surface area contributed by atoms with Crippen LogP contribution in [-0.2, 0) is 13.1 Å². The molecular weight excluding hydrogens is 481 g/mol. The Bertz CT molecular complexity index is 1320. The van der Waals surface area contributed by atoms with Gasteiger partial charge in [0.1, 0.15) is 23.0 Å². The van der Waals surface area contributed by atoms with Gasteiger partial charge in [-0.25, -0.2) is 18.7 Å². The number of piperidine rings is 1. The Hall–Kier alpha value is -2.81. The molecule has 5 rings (SSSR count). The second-order valence-corrected chi connectivity index (χ2v) is 9.19. The minimum Gasteiger partial charge on any atom is -0.350 e. The molecule has 10 heteroatoms. The molecule has 6 nitrogen and oxygen atoms in total. The lowest BCUT2D eigenvalue weighted by Crippen LogP contribution is -2.32. The number of benzene rings is 2. The van der Waals surface area contributed by atoms with Gasteiger partial charge in [0, 0.05) is 23.7 Å². The molecule has 4 aromatic rings. The molecule has 1 saturated heterocycles. The summed E-state index contributed by atoms with van der Waals surface area (Å²) in [5, 5.41) is 7.18. The summed E-state index contributed by atoms with van der Waals surface area (Å²) in [6, 6.07) is 8.95. The van der Waals surface area contributed by atoms with Crippen LogP contribution in [0.1, 0.15) is 18.4 Å². The van der Waals surface area contributed by atoms with Gasteiger partial charge in [0.05, 0.1) is 16.8 Å². The fraction of sp³-hybridized carbons (Fsp3) is 0.292. The summed E-state index contributed by atoms with van der Waals surface area (Å²) in [5.41, 5.74) is 1.72. The van der Waals surface area contributed by atoms with Crippen molar-refractivity contribution in [1.29, 1.82) is 0 Å². The molecule has 1 aliphatic heterocycles. The van der Waals surface area contributed by atoms with E-state index in [-0.39, 0.29) is 22.9 Å². The minimum atomic E-state index is -0.450. The van der Waals surface area contributed by atoms with Crippen molar-refractivity contribution < 1.29 is 8.78 Å². The summed E-state index contributed by atoms with van der Waals surface area (Å²) in [7, 11) is 0. The third-order valence-corrected chi connectivity index (χ3v) is 6.51. The van der Waals surface area contributed by atoms with Gasteiger partial charge >= 0.3 is 0 Å². The van der Waals surface area contributed by atoms with Crippen molar-refractivity contribution in [2.45, 2.75) is 25.9 Å². The first-order valence-corrected chi connectivity index (χ1v) is 11.8. The molecule has 0 aliphatic carbocycles. The third-order valence-electron chi connectivity index (χ3n) is 5.96. The number of aromatic nitrogens is 4. The molecule has 1 atom stereocenters. The number of anilines is 1. The van der Waals surface area contributed by atoms with E-state index < -0.39 is 5.82 Å². The minimum absolute atomic E-state index is 0.157. The Balaban J connectivity index is 1.54. The van der Waals surface area contributed by atoms with Gasteiger partial charge in [0.25, 0.3) is 0 Å². The van der Waals surface area contributed by atoms with Crippen LogP contribution in [0, 0.1) is 17.6 Å². The van der Waals surface area contributed by atoms with Crippen LogP contribution in [0.4, 0.5) is 14.7 Å². The first kappa shape index (κ1) is 23.0. The maximum Gasteiger partial charge on any atom is 0.225 e. The molecule has 176 valence electrons. The smallest absolute Gasteiger partial charge is 0.225 e. The highest BCUT2D eigenvalue weighted by atomic mass is 35.5. The lowest BCUT2D eigenvalue weighted by molar-refractivity contribution is 0.341. The summed E-state index contributed by atoms with van der Waals surface area (Å²) < 4.78 is 30.9. The Morgan fingerprint density at radius 1 is 1.12 bits per heavy atom. The molecule has 34 heavy (non-hydrogen) atoms. The maximum absolute atomic E-state index is 14.8. The molecule has 0 radical (unpaired) electrons. The van der Waals surface area contributed by atoms with Crippen molar-refractivity contribution in [1.82, 2.24) is 24.8 Å². The number of nitrogens with zero attached hydrogens (tertiary/aromatic N) is 4. The Morgan fingerprint density at radius 2 is 2.00 bits per heavy atom. The van der Waals surface area contributed by atoms with Crippen LogP contribution in [0.5, 0.6) is 0 Å². The quantitative estimate of drug-likeness (QED) is 0.354. The molecule has 3 heterocycles. The Kier molecular flexibility index (Phi) is 6.63. The second kappa shape index (κ2) is 9.82. The first-order chi connectivity index (χ1) is 16.5. The zero-order valence-electron chi connectivity index (χ0n) is 18.2. The van der Waals surface area contributed by atoms with Gasteiger partial charge in [-0.3, -0.25) is 0 Å². The van der Waals surface area contributed by atoms with Crippen LogP contribution in [0.15, 0.2) is 42.6 Å². The van der Waals surface area contributed by atoms with E-state index in [2.05, 4.69) is 25.6 Å². The number of nitrogens with one attached hydrogen (secondary N) is 2. The lowest BCUT2D eigenvalue weighted by Gasteiger charge is -2.24. The van der Waals surface area contributed by atoms with Crippen molar-refractivity contribution >= 4 is 40.3 Å². The van der Waals surface area contributed by atoms with Crippen molar-refractivity contribution in [2.24, 2.45) is 5.92 Å². The zero-order chi connectivity index (χ0) is 23.7. The fourth-order valence-corrected chi connectivity index (χ4v) is 4.71. The number of imidazole rings is 1. The van der Waals surface area contributed by atoms with Crippen LogP contribution in [0.25, 0.3) is 22.6 Å². The van der Waals surface area contributed by atoms with Crippen molar-refractivity contribution in [3.8, 4) is 11.4 Å². The Morgan fingerprint density at radius 3 is 2.79 bits per heavy atom. The van der Waals surface area contributed by atoms with Gasteiger partial charge in [-0.2, -0.15) is 4.98 Å². The van der Waals surface area contributed by atoms with Crippen molar-refractivity contribution in [2.75, 3.05) is 18.4 Å². The van der Waals surface area contributed by atoms with Gasteiger partial charge in [-0.05, 0) is 62.2 Å². The molecule has 1 aliphatic rings. The molecule has 0 amide bonds. The molecule has 2 aromatic heterocycles. The standard InChI is InChI=1S/C24H22Cl2F2N6/c25-16-6-7-18(27)15(9-16)11-30-24-31-12-20-22(33-24)34(13-14-3-2-8-29-10-14)23(32-20)21-17(26)4-1-5-19(21)28/h1,4-7,9,12,14,29H,2-3,8,10-11,13H2,(H,30,31,33)/t14-/m1/s1. The number of fused-ring (bicyclic) bond motifs is 1. The van der Waals surface area contributed by atoms with Crippen LogP contribution in [0.2, 0.25) is 10.0 Å². The Labute approximate surface area is 205 Å². The summed E-state index contributed by atoms with van der Waals surface area (Å²) in [4.78, 5) is 13.6. The number of halogens is 4. The topological polar surface area (TPSA) is 67.7 Å². The van der Waals surface area contributed by atoms with E-state index >= 15 is 0 Å². The number of hydrogen-bond acceptors (Lipinski definition) is 5. The molecule has 2 aromatic carbocycles. The SMILES string of the molecule is Fc1ccc(Cl)cc1CNc1ncc2nc(-c3c(F)cccc3Cl)n(C[C@@H]3CCCNC3)c2n1. The highest BCUT2D eigenvalue weighted by Crippen LogP contribution is 2.33. The third kappa shape index (κ3) is 4.71. The summed E-state index contributed by atoms with van der Waals surface area (Å²) >= 11 is 12.4. The van der Waals surface area contributed by atoms with E-state index in [1.165, 1.54) is 18.2 Å². The highest BCUT2D eigenvalue weighted by molar-refractivity contribution is 6.33. The van der Waals surface area contributed by atoms with E-state index in [1.807, 2.05) is 4.57 Å². The van der Waals surface area contributed by atoms with E-state index in [0.717, 1.165) is 25.9 Å². The molecule has 0 bridgehead atoms. The van der Waals surface area contributed by atoms with Crippen molar-refractivity contribution in [3.63, 3.8) is 0 Å². The van der Waals surface area contributed by atoms with Crippen LogP contribution >= 0.6 is 23.2 Å². The molecule has 0 saturated carbocycles. The normalized spacial score (nSPS) is 16.2. The van der Waals surface area contributed by atoms with E-state index in [9.17, 15) is 8.78 Å². The average molecular weight is 503 g/mol. The predicted octanol–water partition coefficient (Wildman–Crippen LogP) is 5.69. The van der Waals surface area contributed by atoms with Crippen LogP contribution in [0.3, 0.4) is 0 Å². The highest BCUT2D eigenvalue weighted by Gasteiger charge is 2.23. The molecule has 0 unspecified atom stereocenters. The largest absolute Gasteiger partial charge is 0.350 e. The number of hydrogen-bond donors (Lipinski definition) is 2. The monoisotopic (exact) mass is 502 g/mol. The first-order valence-electron chi connectivity index (χ1n) is 11.1. The average Bonchev–Trinajstić information content (AvgIpc) is 3.17. The maximum atomic E-state index is 14.8. The molecular formula is C24H22Cl2F2N6. The van der Waals surface area contributed by atoms with E-state index in [1.54, 1.807) is 24.4 Å². The summed E-state index contributed by atoms with van der Waals surface area (Å²) in [6.07, 6.45) is 3.69. The van der Waals surface area contributed by atoms with Gasteiger partial charge in [0.2, 0.25) is 5.95 Å². The molecule has 2 N–H and O–H groups in total. The van der Waals surface area contributed by atoms with E-state index in [4.69, 9.17) is 23.2 Å². The molecule has 1 fully saturated rings. The van der Waals surface area contributed by atoms with Gasteiger partial charge < -0.3 is 15.2 Å². The fourth-order valence-electron chi connectivity index (χ4n) is 4.27. The second-order valence-electron chi connectivity index (χ2n) is 8.35. The summed E-state index contributed by atoms with van der Waals surface area (Å²) in [6.45, 7) is 2.60. The summed E-state index contributed by atoms with van der Waals surface area (Å²) in [5.74, 6) is 0.234. The predicted molar refractivity (Wildman–Crippen MR) is 130 cm³/mol.